The van der Waals surface area contributed by atoms with Crippen LogP contribution in [0.25, 0.3) is 0 Å². The first kappa shape index (κ1) is 15.7. The first-order valence-electron chi connectivity index (χ1n) is 8.27. The zero-order valence-corrected chi connectivity index (χ0v) is 13.8. The maximum absolute atomic E-state index is 11.2. The Morgan fingerprint density at radius 1 is 0.652 bits per heavy atom. The standard InChI is InChI=1S/C21H22O2/c1-14-18-4-3-5-19-9-17(13-23)11-21(15(19)2)7-6-20(14)10-16(8-18)12-22/h8-13H,3-7H2,1-2H3. The quantitative estimate of drug-likeness (QED) is 0.779. The molecule has 0 aromatic heterocycles. The van der Waals surface area contributed by atoms with Gasteiger partial charge in [0.15, 0.2) is 0 Å². The Morgan fingerprint density at radius 2 is 1.00 bits per heavy atom. The third kappa shape index (κ3) is 3.12. The monoisotopic (exact) mass is 306 g/mol. The summed E-state index contributed by atoms with van der Waals surface area (Å²) in [4.78, 5) is 22.5. The molecule has 0 N–H and O–H groups in total. The lowest BCUT2D eigenvalue weighted by Crippen LogP contribution is -2.02. The van der Waals surface area contributed by atoms with E-state index in [0.717, 1.165) is 55.8 Å². The molecule has 118 valence electrons. The van der Waals surface area contributed by atoms with E-state index < -0.39 is 0 Å². The van der Waals surface area contributed by atoms with Crippen LogP contribution in [-0.2, 0) is 25.7 Å². The first-order chi connectivity index (χ1) is 11.1. The molecule has 0 saturated heterocycles. The normalized spacial score (nSPS) is 14.0. The van der Waals surface area contributed by atoms with Gasteiger partial charge in [-0.15, -0.1) is 0 Å². The van der Waals surface area contributed by atoms with Crippen molar-refractivity contribution in [1.82, 2.24) is 0 Å². The number of aryl methyl sites for hydroxylation is 4. The number of carbonyl (C=O) groups is 2. The highest BCUT2D eigenvalue weighted by Crippen LogP contribution is 2.25. The Morgan fingerprint density at radius 3 is 1.35 bits per heavy atom. The number of aldehydes is 2. The third-order valence-corrected chi connectivity index (χ3v) is 5.12. The van der Waals surface area contributed by atoms with Crippen LogP contribution in [0.15, 0.2) is 24.3 Å². The molecule has 2 aromatic rings. The molecule has 2 heteroatoms. The molecule has 1 aliphatic carbocycles. The van der Waals surface area contributed by atoms with Gasteiger partial charge in [0.2, 0.25) is 0 Å². The van der Waals surface area contributed by atoms with Crippen LogP contribution in [0.4, 0.5) is 0 Å². The van der Waals surface area contributed by atoms with Gasteiger partial charge in [-0.3, -0.25) is 9.59 Å². The van der Waals surface area contributed by atoms with Crippen molar-refractivity contribution in [3.63, 3.8) is 0 Å². The minimum Gasteiger partial charge on any atom is -0.298 e. The number of fused-ring (bicyclic) bond motifs is 4. The van der Waals surface area contributed by atoms with Gasteiger partial charge >= 0.3 is 0 Å². The van der Waals surface area contributed by atoms with Crippen molar-refractivity contribution < 1.29 is 9.59 Å². The molecule has 0 atom stereocenters. The van der Waals surface area contributed by atoms with E-state index in [9.17, 15) is 9.59 Å². The summed E-state index contributed by atoms with van der Waals surface area (Å²) in [5.41, 5.74) is 9.26. The summed E-state index contributed by atoms with van der Waals surface area (Å²) in [6, 6.07) is 8.10. The summed E-state index contributed by atoms with van der Waals surface area (Å²) < 4.78 is 0. The van der Waals surface area contributed by atoms with E-state index in [-0.39, 0.29) is 0 Å². The van der Waals surface area contributed by atoms with Crippen molar-refractivity contribution in [1.29, 1.82) is 0 Å². The Balaban J connectivity index is 2.08. The smallest absolute Gasteiger partial charge is 0.150 e. The van der Waals surface area contributed by atoms with Crippen molar-refractivity contribution in [2.24, 2.45) is 0 Å². The summed E-state index contributed by atoms with van der Waals surface area (Å²) in [7, 11) is 0. The molecule has 0 heterocycles. The highest BCUT2D eigenvalue weighted by molar-refractivity contribution is 5.77. The molecule has 0 aliphatic heterocycles. The van der Waals surface area contributed by atoms with Crippen LogP contribution < -0.4 is 0 Å². The van der Waals surface area contributed by atoms with E-state index in [1.165, 1.54) is 33.4 Å². The fraction of sp³-hybridized carbons (Fsp3) is 0.333. The van der Waals surface area contributed by atoms with Crippen LogP contribution in [-0.4, -0.2) is 12.6 Å². The third-order valence-electron chi connectivity index (χ3n) is 5.12. The van der Waals surface area contributed by atoms with Crippen molar-refractivity contribution in [3.05, 3.63) is 68.8 Å². The zero-order chi connectivity index (χ0) is 16.4. The fourth-order valence-electron chi connectivity index (χ4n) is 3.65. The summed E-state index contributed by atoms with van der Waals surface area (Å²) in [5.74, 6) is 0. The van der Waals surface area contributed by atoms with Crippen LogP contribution in [0, 0.1) is 13.8 Å². The second-order valence-corrected chi connectivity index (χ2v) is 6.52. The topological polar surface area (TPSA) is 34.1 Å². The van der Waals surface area contributed by atoms with Crippen molar-refractivity contribution in [2.75, 3.05) is 0 Å². The van der Waals surface area contributed by atoms with Crippen molar-refractivity contribution in [2.45, 2.75) is 46.0 Å². The molecule has 23 heavy (non-hydrogen) atoms. The van der Waals surface area contributed by atoms with E-state index in [0.29, 0.717) is 0 Å². The minimum absolute atomic E-state index is 0.775. The lowest BCUT2D eigenvalue weighted by atomic mass is 9.92. The molecule has 0 spiro atoms. The van der Waals surface area contributed by atoms with Gasteiger partial charge in [0.1, 0.15) is 12.6 Å². The molecule has 0 amide bonds. The molecule has 3 rings (SSSR count). The Labute approximate surface area is 137 Å². The van der Waals surface area contributed by atoms with Crippen LogP contribution >= 0.6 is 0 Å². The maximum Gasteiger partial charge on any atom is 0.150 e. The van der Waals surface area contributed by atoms with Crippen LogP contribution in [0.2, 0.25) is 0 Å². The van der Waals surface area contributed by atoms with E-state index >= 15 is 0 Å². The van der Waals surface area contributed by atoms with Crippen LogP contribution in [0.3, 0.4) is 0 Å². The number of benzene rings is 2. The van der Waals surface area contributed by atoms with Crippen molar-refractivity contribution >= 4 is 12.6 Å². The molecule has 0 saturated carbocycles. The zero-order valence-electron chi connectivity index (χ0n) is 13.8. The van der Waals surface area contributed by atoms with E-state index in [2.05, 4.69) is 13.8 Å². The van der Waals surface area contributed by atoms with Crippen molar-refractivity contribution in [3.8, 4) is 0 Å². The molecule has 4 bridgehead atoms. The SMILES string of the molecule is Cc1c2cc(C=O)cc1CCc1cc(C=O)cc(c1C)CCC2. The summed E-state index contributed by atoms with van der Waals surface area (Å²) in [6.07, 6.45) is 6.68. The van der Waals surface area contributed by atoms with Crippen LogP contribution in [0.1, 0.15) is 60.5 Å². The number of hydrogen-bond acceptors (Lipinski definition) is 2. The number of rotatable bonds is 2. The molecule has 2 aromatic carbocycles. The minimum atomic E-state index is 0.775. The Kier molecular flexibility index (Phi) is 4.42. The van der Waals surface area contributed by atoms with Gasteiger partial charge in [0.25, 0.3) is 0 Å². The average molecular weight is 306 g/mol. The van der Waals surface area contributed by atoms with E-state index in [1.54, 1.807) is 0 Å². The molecule has 1 aliphatic rings. The van der Waals surface area contributed by atoms with E-state index in [1.807, 2.05) is 24.3 Å². The molecular formula is C21H22O2. The fourth-order valence-corrected chi connectivity index (χ4v) is 3.65. The van der Waals surface area contributed by atoms with Gasteiger partial charge in [-0.05, 0) is 104 Å². The van der Waals surface area contributed by atoms with Gasteiger partial charge in [0.05, 0.1) is 0 Å². The summed E-state index contributed by atoms with van der Waals surface area (Å²) in [5, 5.41) is 0. The largest absolute Gasteiger partial charge is 0.298 e. The van der Waals surface area contributed by atoms with E-state index in [4.69, 9.17) is 0 Å². The highest BCUT2D eigenvalue weighted by atomic mass is 16.1. The predicted molar refractivity (Wildman–Crippen MR) is 92.6 cm³/mol. The van der Waals surface area contributed by atoms with Gasteiger partial charge in [0, 0.05) is 11.1 Å². The average Bonchev–Trinajstić information content (AvgIpc) is 2.57. The Hall–Kier alpha value is -2.22. The first-order valence-corrected chi connectivity index (χ1v) is 8.27. The second kappa shape index (κ2) is 6.49. The summed E-state index contributed by atoms with van der Waals surface area (Å²) in [6.45, 7) is 4.33. The molecule has 0 radical (unpaired) electrons. The lowest BCUT2D eigenvalue weighted by molar-refractivity contribution is 0.111. The Bertz CT molecular complexity index is 706. The number of hydrogen-bond donors (Lipinski definition) is 0. The maximum atomic E-state index is 11.2. The van der Waals surface area contributed by atoms with Gasteiger partial charge in [-0.1, -0.05) is 0 Å². The molecular weight excluding hydrogens is 284 g/mol. The van der Waals surface area contributed by atoms with Gasteiger partial charge < -0.3 is 0 Å². The van der Waals surface area contributed by atoms with Gasteiger partial charge in [-0.2, -0.15) is 0 Å². The molecule has 2 nitrogen and oxygen atoms in total. The van der Waals surface area contributed by atoms with Gasteiger partial charge in [-0.25, -0.2) is 0 Å². The second-order valence-electron chi connectivity index (χ2n) is 6.52. The highest BCUT2D eigenvalue weighted by Gasteiger charge is 2.13. The molecule has 0 fully saturated rings. The lowest BCUT2D eigenvalue weighted by Gasteiger charge is -2.13. The summed E-state index contributed by atoms with van der Waals surface area (Å²) >= 11 is 0. The molecule has 0 unspecified atom stereocenters. The predicted octanol–water partition coefficient (Wildman–Crippen LogP) is 4.20. The number of carbonyl (C=O) groups excluding carboxylic acids is 2. The van der Waals surface area contributed by atoms with Crippen LogP contribution in [0.5, 0.6) is 0 Å².